The SMILES string of the molecule is O/N=C(/c1ccc(Oc2c(F)c(F)cc(F)c2F)nc1)N1CCSCC1. The van der Waals surface area contributed by atoms with Crippen LogP contribution in [0.25, 0.3) is 0 Å². The third-order valence-corrected chi connectivity index (χ3v) is 4.62. The Morgan fingerprint density at radius 1 is 1.12 bits per heavy atom. The molecule has 10 heteroatoms. The first-order chi connectivity index (χ1) is 12.5. The topological polar surface area (TPSA) is 58.0 Å². The zero-order chi connectivity index (χ0) is 18.7. The molecule has 1 N–H and O–H groups in total. The number of benzene rings is 1. The summed E-state index contributed by atoms with van der Waals surface area (Å²) in [6, 6.07) is 2.81. The monoisotopic (exact) mass is 387 g/mol. The lowest BCUT2D eigenvalue weighted by Gasteiger charge is -2.28. The third kappa shape index (κ3) is 3.69. The lowest BCUT2D eigenvalue weighted by molar-refractivity contribution is 0.303. The highest BCUT2D eigenvalue weighted by Crippen LogP contribution is 2.30. The normalized spacial score (nSPS) is 15.2. The van der Waals surface area contributed by atoms with E-state index < -0.39 is 29.0 Å². The van der Waals surface area contributed by atoms with Gasteiger partial charge in [0.2, 0.25) is 23.3 Å². The molecule has 0 atom stereocenters. The van der Waals surface area contributed by atoms with Gasteiger partial charge in [-0.2, -0.15) is 20.5 Å². The van der Waals surface area contributed by atoms with E-state index in [2.05, 4.69) is 10.1 Å². The van der Waals surface area contributed by atoms with Crippen LogP contribution in [0.2, 0.25) is 0 Å². The minimum atomic E-state index is -1.65. The van der Waals surface area contributed by atoms with Gasteiger partial charge in [0.05, 0.1) is 0 Å². The van der Waals surface area contributed by atoms with Crippen molar-refractivity contribution >= 4 is 17.6 Å². The average molecular weight is 387 g/mol. The molecule has 0 aliphatic carbocycles. The largest absolute Gasteiger partial charge is 0.433 e. The zero-order valence-corrected chi connectivity index (χ0v) is 14.1. The molecule has 1 aromatic heterocycles. The molecule has 0 bridgehead atoms. The van der Waals surface area contributed by atoms with Crippen LogP contribution in [0.3, 0.4) is 0 Å². The second-order valence-corrected chi connectivity index (χ2v) is 6.53. The van der Waals surface area contributed by atoms with E-state index in [1.54, 1.807) is 11.8 Å². The van der Waals surface area contributed by atoms with Gasteiger partial charge in [-0.15, -0.1) is 0 Å². The maximum absolute atomic E-state index is 13.6. The molecule has 138 valence electrons. The molecule has 0 unspecified atom stereocenters. The highest BCUT2D eigenvalue weighted by Gasteiger charge is 2.22. The van der Waals surface area contributed by atoms with Crippen LogP contribution in [0.1, 0.15) is 5.56 Å². The molecular weight excluding hydrogens is 374 g/mol. The maximum atomic E-state index is 13.6. The second-order valence-electron chi connectivity index (χ2n) is 5.31. The van der Waals surface area contributed by atoms with E-state index >= 15 is 0 Å². The number of aromatic nitrogens is 1. The van der Waals surface area contributed by atoms with Crippen LogP contribution in [0.4, 0.5) is 17.6 Å². The zero-order valence-electron chi connectivity index (χ0n) is 13.3. The van der Waals surface area contributed by atoms with Crippen LogP contribution in [0.15, 0.2) is 29.6 Å². The van der Waals surface area contributed by atoms with Crippen LogP contribution in [-0.2, 0) is 0 Å². The van der Waals surface area contributed by atoms with Crippen molar-refractivity contribution in [1.29, 1.82) is 0 Å². The molecule has 1 aromatic carbocycles. The quantitative estimate of drug-likeness (QED) is 0.218. The summed E-state index contributed by atoms with van der Waals surface area (Å²) in [4.78, 5) is 5.73. The Morgan fingerprint density at radius 2 is 1.77 bits per heavy atom. The van der Waals surface area contributed by atoms with Gasteiger partial charge in [-0.1, -0.05) is 5.16 Å². The Morgan fingerprint density at radius 3 is 2.31 bits per heavy atom. The standard InChI is InChI=1S/C16H13F4N3O2S/c17-10-7-11(18)14(20)15(13(10)19)25-12-2-1-9(8-21-12)16(22-24)23-3-5-26-6-4-23/h1-2,7-8,24H,3-6H2/b22-16-. The van der Waals surface area contributed by atoms with E-state index in [0.717, 1.165) is 11.5 Å². The summed E-state index contributed by atoms with van der Waals surface area (Å²) in [6.07, 6.45) is 1.28. The molecular formula is C16H13F4N3O2S. The number of amidine groups is 1. The molecule has 2 aromatic rings. The molecule has 26 heavy (non-hydrogen) atoms. The van der Waals surface area contributed by atoms with E-state index in [0.29, 0.717) is 24.5 Å². The lowest BCUT2D eigenvalue weighted by Crippen LogP contribution is -2.38. The summed E-state index contributed by atoms with van der Waals surface area (Å²) < 4.78 is 58.6. The summed E-state index contributed by atoms with van der Waals surface area (Å²) >= 11 is 1.78. The molecule has 5 nitrogen and oxygen atoms in total. The van der Waals surface area contributed by atoms with Gasteiger partial charge in [0.1, 0.15) is 0 Å². The minimum absolute atomic E-state index is 0.0922. The molecule has 0 radical (unpaired) electrons. The van der Waals surface area contributed by atoms with Gasteiger partial charge >= 0.3 is 0 Å². The van der Waals surface area contributed by atoms with Gasteiger partial charge in [-0.05, 0) is 6.07 Å². The fraction of sp³-hybridized carbons (Fsp3) is 0.250. The molecule has 1 fully saturated rings. The molecule has 0 saturated carbocycles. The van der Waals surface area contributed by atoms with Gasteiger partial charge < -0.3 is 14.8 Å². The van der Waals surface area contributed by atoms with Crippen LogP contribution in [-0.4, -0.2) is 45.5 Å². The van der Waals surface area contributed by atoms with Gasteiger partial charge in [0.25, 0.3) is 0 Å². The molecule has 1 aliphatic heterocycles. The van der Waals surface area contributed by atoms with Crippen LogP contribution >= 0.6 is 11.8 Å². The molecule has 0 spiro atoms. The number of oxime groups is 1. The van der Waals surface area contributed by atoms with E-state index in [1.165, 1.54) is 18.3 Å². The van der Waals surface area contributed by atoms with Gasteiger partial charge in [-0.3, -0.25) is 0 Å². The molecule has 1 aliphatic rings. The molecule has 3 rings (SSSR count). The predicted octanol–water partition coefficient (Wildman–Crippen LogP) is 3.61. The molecule has 1 saturated heterocycles. The second kappa shape index (κ2) is 7.81. The molecule has 0 amide bonds. The number of nitrogens with zero attached hydrogens (tertiary/aromatic N) is 3. The first kappa shape index (κ1) is 18.3. The van der Waals surface area contributed by atoms with E-state index in [9.17, 15) is 22.8 Å². The van der Waals surface area contributed by atoms with Crippen LogP contribution in [0, 0.1) is 23.3 Å². The number of hydrogen-bond donors (Lipinski definition) is 1. The smallest absolute Gasteiger partial charge is 0.219 e. The first-order valence-electron chi connectivity index (χ1n) is 7.53. The highest BCUT2D eigenvalue weighted by atomic mass is 32.2. The fourth-order valence-electron chi connectivity index (χ4n) is 2.40. The summed E-state index contributed by atoms with van der Waals surface area (Å²) in [6.45, 7) is 1.39. The van der Waals surface area contributed by atoms with Crippen molar-refractivity contribution in [3.63, 3.8) is 0 Å². The Bertz CT molecular complexity index is 801. The van der Waals surface area contributed by atoms with Crippen LogP contribution in [0.5, 0.6) is 11.6 Å². The first-order valence-corrected chi connectivity index (χ1v) is 8.68. The Labute approximate surface area is 150 Å². The summed E-state index contributed by atoms with van der Waals surface area (Å²) in [5, 5.41) is 12.5. The maximum Gasteiger partial charge on any atom is 0.219 e. The minimum Gasteiger partial charge on any atom is -0.433 e. The van der Waals surface area contributed by atoms with Crippen molar-refractivity contribution < 1.29 is 27.5 Å². The lowest BCUT2D eigenvalue weighted by atomic mass is 10.2. The Kier molecular flexibility index (Phi) is 5.50. The average Bonchev–Trinajstić information content (AvgIpc) is 2.66. The number of halogens is 4. The fourth-order valence-corrected chi connectivity index (χ4v) is 3.30. The summed E-state index contributed by atoms with van der Waals surface area (Å²) in [5.41, 5.74) is 0.457. The van der Waals surface area contributed by atoms with Crippen LogP contribution < -0.4 is 4.74 Å². The van der Waals surface area contributed by atoms with Crippen molar-refractivity contribution in [3.05, 3.63) is 53.2 Å². The van der Waals surface area contributed by atoms with Crippen molar-refractivity contribution in [2.24, 2.45) is 5.16 Å². The Balaban J connectivity index is 1.82. The predicted molar refractivity (Wildman–Crippen MR) is 87.8 cm³/mol. The van der Waals surface area contributed by atoms with Crippen molar-refractivity contribution in [1.82, 2.24) is 9.88 Å². The van der Waals surface area contributed by atoms with E-state index in [1.807, 2.05) is 4.90 Å². The summed E-state index contributed by atoms with van der Waals surface area (Å²) in [7, 11) is 0. The number of rotatable bonds is 3. The molecule has 2 heterocycles. The van der Waals surface area contributed by atoms with Crippen molar-refractivity contribution in [2.75, 3.05) is 24.6 Å². The highest BCUT2D eigenvalue weighted by molar-refractivity contribution is 7.99. The van der Waals surface area contributed by atoms with Gasteiger partial charge in [-0.25, -0.2) is 13.8 Å². The third-order valence-electron chi connectivity index (χ3n) is 3.68. The Hall–Kier alpha value is -2.49. The number of pyridine rings is 1. The number of thioether (sulfide) groups is 1. The van der Waals surface area contributed by atoms with Crippen molar-refractivity contribution in [2.45, 2.75) is 0 Å². The van der Waals surface area contributed by atoms with Gasteiger partial charge in [0, 0.05) is 48.5 Å². The summed E-state index contributed by atoms with van der Waals surface area (Å²) in [5.74, 6) is -5.87. The number of ether oxygens (including phenoxy) is 1. The van der Waals surface area contributed by atoms with E-state index in [-0.39, 0.29) is 11.9 Å². The number of hydrogen-bond acceptors (Lipinski definition) is 5. The van der Waals surface area contributed by atoms with E-state index in [4.69, 9.17) is 4.74 Å². The van der Waals surface area contributed by atoms with Gasteiger partial charge in [0.15, 0.2) is 17.5 Å². The van der Waals surface area contributed by atoms with Crippen molar-refractivity contribution in [3.8, 4) is 11.6 Å².